The van der Waals surface area contributed by atoms with Crippen LogP contribution in [0.2, 0.25) is 0 Å². The zero-order valence-electron chi connectivity index (χ0n) is 10.7. The van der Waals surface area contributed by atoms with Crippen molar-refractivity contribution in [3.8, 4) is 0 Å². The van der Waals surface area contributed by atoms with E-state index >= 15 is 0 Å². The molecule has 16 heavy (non-hydrogen) atoms. The molecule has 92 valence electrons. The van der Waals surface area contributed by atoms with Crippen LogP contribution in [0.4, 0.5) is 0 Å². The number of rotatable bonds is 5. The molecule has 0 atom stereocenters. The standard InChI is InChI=1S/C12H22N2OS/c1-5-15-7-6-10-14-11(12(2,3)4)9(8-13)16-10/h5-8,13H2,1-4H3. The highest BCUT2D eigenvalue weighted by Crippen LogP contribution is 2.29. The Labute approximate surface area is 102 Å². The van der Waals surface area contributed by atoms with E-state index in [2.05, 4.69) is 25.8 Å². The van der Waals surface area contributed by atoms with Gasteiger partial charge in [-0.3, -0.25) is 0 Å². The van der Waals surface area contributed by atoms with Gasteiger partial charge in [0.25, 0.3) is 0 Å². The number of hydrogen-bond acceptors (Lipinski definition) is 4. The maximum Gasteiger partial charge on any atom is 0.0954 e. The zero-order chi connectivity index (χ0) is 12.2. The van der Waals surface area contributed by atoms with Crippen LogP contribution >= 0.6 is 11.3 Å². The van der Waals surface area contributed by atoms with Crippen LogP contribution in [0.25, 0.3) is 0 Å². The average molecular weight is 242 g/mol. The van der Waals surface area contributed by atoms with E-state index in [0.717, 1.165) is 30.3 Å². The van der Waals surface area contributed by atoms with Gasteiger partial charge in [-0.1, -0.05) is 20.8 Å². The van der Waals surface area contributed by atoms with E-state index in [4.69, 9.17) is 10.5 Å². The van der Waals surface area contributed by atoms with Crippen LogP contribution in [0.5, 0.6) is 0 Å². The number of aromatic nitrogens is 1. The molecule has 4 heteroatoms. The Morgan fingerprint density at radius 2 is 2.06 bits per heavy atom. The highest BCUT2D eigenvalue weighted by Gasteiger charge is 2.22. The lowest BCUT2D eigenvalue weighted by Crippen LogP contribution is -2.15. The van der Waals surface area contributed by atoms with Crippen molar-refractivity contribution in [1.29, 1.82) is 0 Å². The third-order valence-electron chi connectivity index (χ3n) is 2.30. The van der Waals surface area contributed by atoms with Crippen LogP contribution in [0.3, 0.4) is 0 Å². The molecule has 1 aromatic heterocycles. The summed E-state index contributed by atoms with van der Waals surface area (Å²) in [6.07, 6.45) is 0.890. The molecule has 2 N–H and O–H groups in total. The minimum Gasteiger partial charge on any atom is -0.381 e. The molecule has 0 fully saturated rings. The molecule has 1 heterocycles. The molecular formula is C12H22N2OS. The minimum absolute atomic E-state index is 0.0784. The summed E-state index contributed by atoms with van der Waals surface area (Å²) in [5, 5.41) is 1.14. The predicted octanol–water partition coefficient (Wildman–Crippen LogP) is 2.48. The quantitative estimate of drug-likeness (QED) is 0.807. The molecule has 0 saturated heterocycles. The monoisotopic (exact) mass is 242 g/mol. The van der Waals surface area contributed by atoms with E-state index in [-0.39, 0.29) is 5.41 Å². The van der Waals surface area contributed by atoms with Crippen molar-refractivity contribution in [3.63, 3.8) is 0 Å². The predicted molar refractivity (Wildman–Crippen MR) is 68.9 cm³/mol. The highest BCUT2D eigenvalue weighted by atomic mass is 32.1. The Hall–Kier alpha value is -0.450. The summed E-state index contributed by atoms with van der Waals surface area (Å²) < 4.78 is 5.34. The number of nitrogens with zero attached hydrogens (tertiary/aromatic N) is 1. The van der Waals surface area contributed by atoms with Gasteiger partial charge in [0.05, 0.1) is 17.3 Å². The van der Waals surface area contributed by atoms with Crippen molar-refractivity contribution in [2.75, 3.05) is 13.2 Å². The van der Waals surface area contributed by atoms with Crippen LogP contribution in [0.15, 0.2) is 0 Å². The molecule has 0 saturated carbocycles. The van der Waals surface area contributed by atoms with Gasteiger partial charge in [-0.15, -0.1) is 11.3 Å². The minimum atomic E-state index is 0.0784. The van der Waals surface area contributed by atoms with E-state index in [1.807, 2.05) is 6.92 Å². The van der Waals surface area contributed by atoms with Crippen molar-refractivity contribution < 1.29 is 4.74 Å². The van der Waals surface area contributed by atoms with Gasteiger partial charge in [0.2, 0.25) is 0 Å². The van der Waals surface area contributed by atoms with Gasteiger partial charge in [0.1, 0.15) is 0 Å². The fourth-order valence-electron chi connectivity index (χ4n) is 1.54. The van der Waals surface area contributed by atoms with Crippen molar-refractivity contribution in [1.82, 2.24) is 4.98 Å². The van der Waals surface area contributed by atoms with E-state index < -0.39 is 0 Å². The van der Waals surface area contributed by atoms with Gasteiger partial charge in [-0.25, -0.2) is 4.98 Å². The molecule has 0 aliphatic rings. The summed E-state index contributed by atoms with van der Waals surface area (Å²) in [7, 11) is 0. The van der Waals surface area contributed by atoms with Gasteiger partial charge < -0.3 is 10.5 Å². The van der Waals surface area contributed by atoms with E-state index in [0.29, 0.717) is 6.54 Å². The molecule has 0 aromatic carbocycles. The average Bonchev–Trinajstić information content (AvgIpc) is 2.61. The smallest absolute Gasteiger partial charge is 0.0954 e. The van der Waals surface area contributed by atoms with Crippen LogP contribution in [-0.4, -0.2) is 18.2 Å². The fourth-order valence-corrected chi connectivity index (χ4v) is 2.67. The largest absolute Gasteiger partial charge is 0.381 e. The van der Waals surface area contributed by atoms with Gasteiger partial charge in [-0.2, -0.15) is 0 Å². The molecule has 1 rings (SSSR count). The first-order valence-corrected chi connectivity index (χ1v) is 6.57. The first-order valence-electron chi connectivity index (χ1n) is 5.76. The number of thiazole rings is 1. The molecule has 0 bridgehead atoms. The summed E-state index contributed by atoms with van der Waals surface area (Å²) in [5.74, 6) is 0. The second kappa shape index (κ2) is 5.75. The molecule has 0 spiro atoms. The fraction of sp³-hybridized carbons (Fsp3) is 0.750. The maximum absolute atomic E-state index is 5.75. The highest BCUT2D eigenvalue weighted by molar-refractivity contribution is 7.11. The van der Waals surface area contributed by atoms with Crippen LogP contribution in [-0.2, 0) is 23.1 Å². The van der Waals surface area contributed by atoms with Crippen molar-refractivity contribution in [2.45, 2.75) is 46.1 Å². The van der Waals surface area contributed by atoms with Crippen LogP contribution in [0.1, 0.15) is 43.3 Å². The Morgan fingerprint density at radius 1 is 1.38 bits per heavy atom. The second-order valence-corrected chi connectivity index (χ2v) is 5.95. The number of hydrogen-bond donors (Lipinski definition) is 1. The summed E-state index contributed by atoms with van der Waals surface area (Å²) in [6.45, 7) is 10.6. The molecule has 1 aromatic rings. The Balaban J connectivity index is 2.78. The van der Waals surface area contributed by atoms with Crippen molar-refractivity contribution in [2.24, 2.45) is 5.73 Å². The first-order chi connectivity index (χ1) is 7.49. The van der Waals surface area contributed by atoms with E-state index in [9.17, 15) is 0 Å². The lowest BCUT2D eigenvalue weighted by Gasteiger charge is -2.16. The molecule has 0 radical (unpaired) electrons. The SMILES string of the molecule is CCOCCc1nc(C(C)(C)C)c(CN)s1. The lowest BCUT2D eigenvalue weighted by atomic mass is 9.91. The second-order valence-electron chi connectivity index (χ2n) is 4.78. The summed E-state index contributed by atoms with van der Waals surface area (Å²) >= 11 is 1.72. The maximum atomic E-state index is 5.75. The molecule has 3 nitrogen and oxygen atoms in total. The molecular weight excluding hydrogens is 220 g/mol. The number of nitrogens with two attached hydrogens (primary N) is 1. The molecule has 0 aliphatic heterocycles. The zero-order valence-corrected chi connectivity index (χ0v) is 11.5. The normalized spacial score (nSPS) is 12.1. The summed E-state index contributed by atoms with van der Waals surface area (Å²) in [5.41, 5.74) is 6.98. The van der Waals surface area contributed by atoms with Crippen molar-refractivity contribution in [3.05, 3.63) is 15.6 Å². The van der Waals surface area contributed by atoms with Crippen molar-refractivity contribution >= 4 is 11.3 Å². The van der Waals surface area contributed by atoms with Crippen LogP contribution < -0.4 is 5.73 Å². The lowest BCUT2D eigenvalue weighted by molar-refractivity contribution is 0.151. The summed E-state index contributed by atoms with van der Waals surface area (Å²) in [4.78, 5) is 5.89. The molecule has 0 unspecified atom stereocenters. The first kappa shape index (κ1) is 13.6. The Kier molecular flexibility index (Phi) is 4.89. The molecule has 0 aliphatic carbocycles. The van der Waals surface area contributed by atoms with Crippen LogP contribution in [0, 0.1) is 0 Å². The van der Waals surface area contributed by atoms with Gasteiger partial charge in [0.15, 0.2) is 0 Å². The Bertz CT molecular complexity index is 328. The molecule has 0 amide bonds. The Morgan fingerprint density at radius 3 is 2.50 bits per heavy atom. The van der Waals surface area contributed by atoms with Gasteiger partial charge >= 0.3 is 0 Å². The topological polar surface area (TPSA) is 48.1 Å². The third-order valence-corrected chi connectivity index (χ3v) is 3.44. The number of ether oxygens (including phenoxy) is 1. The third kappa shape index (κ3) is 3.54. The van der Waals surface area contributed by atoms with E-state index in [1.165, 1.54) is 4.88 Å². The summed E-state index contributed by atoms with van der Waals surface area (Å²) in [6, 6.07) is 0. The van der Waals surface area contributed by atoms with Gasteiger partial charge in [-0.05, 0) is 6.92 Å². The van der Waals surface area contributed by atoms with Gasteiger partial charge in [0, 0.05) is 29.9 Å². The van der Waals surface area contributed by atoms with E-state index in [1.54, 1.807) is 11.3 Å².